The third-order valence-electron chi connectivity index (χ3n) is 4.67. The molecule has 5 rings (SSSR count). The molecule has 1 unspecified atom stereocenters. The first kappa shape index (κ1) is 28.7. The molecule has 0 spiro atoms. The summed E-state index contributed by atoms with van der Waals surface area (Å²) in [7, 11) is 0. The van der Waals surface area contributed by atoms with E-state index in [0.717, 1.165) is 28.1 Å². The van der Waals surface area contributed by atoms with Gasteiger partial charge in [-0.15, -0.1) is 0 Å². The second kappa shape index (κ2) is 11.7. The lowest BCUT2D eigenvalue weighted by Gasteiger charge is -2.24. The van der Waals surface area contributed by atoms with E-state index in [9.17, 15) is 26.3 Å². The normalized spacial score (nSPS) is 14.4. The number of aliphatic carboxylic acids is 2. The Morgan fingerprint density at radius 1 is 0.897 bits per heavy atom. The molecule has 1 aliphatic heterocycles. The lowest BCUT2D eigenvalue weighted by Crippen LogP contribution is -2.22. The number of hydrogen-bond acceptors (Lipinski definition) is 7. The maximum atomic E-state index is 10.6. The molecule has 10 nitrogen and oxygen atoms in total. The van der Waals surface area contributed by atoms with E-state index in [4.69, 9.17) is 29.3 Å². The summed E-state index contributed by atoms with van der Waals surface area (Å²) < 4.78 is 75.2. The first-order chi connectivity index (χ1) is 18.3. The first-order valence-electron chi connectivity index (χ1n) is 10.5. The van der Waals surface area contributed by atoms with Gasteiger partial charge in [0.1, 0.15) is 6.61 Å². The van der Waals surface area contributed by atoms with Crippen LogP contribution in [0.2, 0.25) is 0 Å². The predicted molar refractivity (Wildman–Crippen MR) is 120 cm³/mol. The maximum absolute atomic E-state index is 10.6. The number of aromatic nitrogens is 4. The minimum Gasteiger partial charge on any atom is -0.485 e. The fourth-order valence-electron chi connectivity index (χ4n) is 2.93. The van der Waals surface area contributed by atoms with Crippen LogP contribution in [0.4, 0.5) is 26.3 Å². The number of alkyl halides is 6. The highest BCUT2D eigenvalue weighted by atomic mass is 19.4. The van der Waals surface area contributed by atoms with Gasteiger partial charge in [-0.05, 0) is 35.9 Å². The molecule has 206 valence electrons. The van der Waals surface area contributed by atoms with Gasteiger partial charge in [0.2, 0.25) is 0 Å². The monoisotopic (exact) mass is 558 g/mol. The minimum absolute atomic E-state index is 0.284. The Labute approximate surface area is 213 Å². The fraction of sp³-hybridized carbons (Fsp3) is 0.174. The van der Waals surface area contributed by atoms with Crippen molar-refractivity contribution in [2.24, 2.45) is 0 Å². The summed E-state index contributed by atoms with van der Waals surface area (Å²) in [6, 6.07) is 13.6. The number of carbonyl (C=O) groups is 2. The van der Waals surface area contributed by atoms with Crippen molar-refractivity contribution < 1.29 is 55.6 Å². The van der Waals surface area contributed by atoms with Gasteiger partial charge in [0.25, 0.3) is 0 Å². The third-order valence-corrected chi connectivity index (χ3v) is 4.67. The van der Waals surface area contributed by atoms with Gasteiger partial charge in [0, 0.05) is 24.2 Å². The molecule has 4 heterocycles. The Kier molecular flexibility index (Phi) is 8.57. The molecule has 0 bridgehead atoms. The lowest BCUT2D eigenvalue weighted by molar-refractivity contribution is -0.193. The van der Waals surface area contributed by atoms with E-state index in [1.54, 1.807) is 12.4 Å². The van der Waals surface area contributed by atoms with Gasteiger partial charge in [0.05, 0.1) is 5.52 Å². The second-order valence-corrected chi connectivity index (χ2v) is 7.42. The number of benzene rings is 1. The van der Waals surface area contributed by atoms with Gasteiger partial charge in [0.15, 0.2) is 29.1 Å². The number of nitrogens with zero attached hydrogens (tertiary/aromatic N) is 3. The number of halogens is 6. The maximum Gasteiger partial charge on any atom is 0.490 e. The van der Waals surface area contributed by atoms with E-state index >= 15 is 0 Å². The highest BCUT2D eigenvalue weighted by Crippen LogP contribution is 2.35. The molecule has 3 N–H and O–H groups in total. The van der Waals surface area contributed by atoms with E-state index < -0.39 is 24.3 Å². The van der Waals surface area contributed by atoms with E-state index in [-0.39, 0.29) is 6.10 Å². The summed E-state index contributed by atoms with van der Waals surface area (Å²) in [5.74, 6) is -3.32. The average Bonchev–Trinajstić information content (AvgIpc) is 3.32. The summed E-state index contributed by atoms with van der Waals surface area (Å²) in [6.07, 6.45) is -5.10. The zero-order chi connectivity index (χ0) is 28.8. The Hall–Kier alpha value is -4.89. The molecule has 0 radical (unpaired) electrons. The minimum atomic E-state index is -5.08. The van der Waals surface area contributed by atoms with Crippen LogP contribution in [-0.4, -0.2) is 61.0 Å². The quantitative estimate of drug-likeness (QED) is 0.295. The largest absolute Gasteiger partial charge is 0.490 e. The summed E-state index contributed by atoms with van der Waals surface area (Å²) >= 11 is 0. The van der Waals surface area contributed by atoms with Crippen molar-refractivity contribution in [3.63, 3.8) is 0 Å². The molecule has 3 aromatic heterocycles. The number of H-pyrrole nitrogens is 1. The summed E-state index contributed by atoms with van der Waals surface area (Å²) in [4.78, 5) is 34.2. The SMILES string of the molecule is O=C(O)C(F)(F)F.O=C(O)C(F)(F)F.c1ccc2c(c1)OCC(c1nc3ncc(-c4ccncc4)cc3[nH]1)O2. The number of ether oxygens (including phenoxy) is 2. The van der Waals surface area contributed by atoms with Gasteiger partial charge < -0.3 is 24.7 Å². The molecule has 1 atom stereocenters. The van der Waals surface area contributed by atoms with Crippen LogP contribution in [0.5, 0.6) is 11.5 Å². The van der Waals surface area contributed by atoms with E-state index in [0.29, 0.717) is 18.1 Å². The van der Waals surface area contributed by atoms with Crippen molar-refractivity contribution in [3.05, 3.63) is 66.9 Å². The average molecular weight is 558 g/mol. The number of carboxylic acids is 2. The highest BCUT2D eigenvalue weighted by Gasteiger charge is 2.38. The van der Waals surface area contributed by atoms with Crippen LogP contribution in [0.25, 0.3) is 22.3 Å². The fourth-order valence-corrected chi connectivity index (χ4v) is 2.93. The highest BCUT2D eigenvalue weighted by molar-refractivity contribution is 5.78. The molecule has 4 aromatic rings. The standard InChI is InChI=1S/C19H14N4O2.2C2HF3O2/c1-2-4-16-15(3-1)24-11-17(25-16)19-22-14-9-13(10-21-18(14)23-19)12-5-7-20-8-6-12;2*3-2(4,5)1(6)7/h1-10,17H,11H2,(H,21,22,23);2*(H,6,7). The Morgan fingerprint density at radius 2 is 1.46 bits per heavy atom. The molecule has 0 saturated heterocycles. The molecular weight excluding hydrogens is 542 g/mol. The van der Waals surface area contributed by atoms with E-state index in [1.165, 1.54) is 0 Å². The van der Waals surface area contributed by atoms with Crippen molar-refractivity contribution in [3.8, 4) is 22.6 Å². The van der Waals surface area contributed by atoms with Gasteiger partial charge in [-0.2, -0.15) is 26.3 Å². The number of aromatic amines is 1. The van der Waals surface area contributed by atoms with Crippen LogP contribution in [0.15, 0.2) is 61.1 Å². The Morgan fingerprint density at radius 3 is 2.03 bits per heavy atom. The van der Waals surface area contributed by atoms with Crippen LogP contribution >= 0.6 is 0 Å². The first-order valence-corrected chi connectivity index (χ1v) is 10.5. The van der Waals surface area contributed by atoms with Gasteiger partial charge >= 0.3 is 24.3 Å². The number of imidazole rings is 1. The number of pyridine rings is 2. The van der Waals surface area contributed by atoms with Crippen molar-refractivity contribution in [1.82, 2.24) is 19.9 Å². The Bertz CT molecular complexity index is 1420. The molecule has 1 aliphatic rings. The van der Waals surface area contributed by atoms with Crippen molar-refractivity contribution >= 4 is 23.1 Å². The zero-order valence-electron chi connectivity index (χ0n) is 19.2. The number of fused-ring (bicyclic) bond motifs is 2. The number of hydrogen-bond donors (Lipinski definition) is 3. The molecule has 1 aromatic carbocycles. The molecular formula is C23H16F6N4O6. The second-order valence-electron chi connectivity index (χ2n) is 7.42. The van der Waals surface area contributed by atoms with Crippen molar-refractivity contribution in [2.45, 2.75) is 18.5 Å². The molecule has 16 heteroatoms. The van der Waals surface area contributed by atoms with E-state index in [1.807, 2.05) is 48.7 Å². The molecule has 39 heavy (non-hydrogen) atoms. The number of para-hydroxylation sites is 2. The Balaban J connectivity index is 0.000000251. The summed E-state index contributed by atoms with van der Waals surface area (Å²) in [5, 5.41) is 14.2. The molecule has 0 fully saturated rings. The third kappa shape index (κ3) is 7.80. The number of nitrogens with one attached hydrogen (secondary N) is 1. The van der Waals surface area contributed by atoms with Crippen molar-refractivity contribution in [1.29, 1.82) is 0 Å². The van der Waals surface area contributed by atoms with Crippen LogP contribution in [-0.2, 0) is 9.59 Å². The topological polar surface area (TPSA) is 148 Å². The lowest BCUT2D eigenvalue weighted by atomic mass is 10.1. The van der Waals surface area contributed by atoms with Gasteiger partial charge in [-0.1, -0.05) is 12.1 Å². The number of carboxylic acid groups (broad SMARTS) is 2. The number of rotatable bonds is 2. The zero-order valence-corrected chi connectivity index (χ0v) is 19.2. The summed E-state index contributed by atoms with van der Waals surface area (Å²) in [5.41, 5.74) is 3.60. The summed E-state index contributed by atoms with van der Waals surface area (Å²) in [6.45, 7) is 0.411. The smallest absolute Gasteiger partial charge is 0.485 e. The van der Waals surface area contributed by atoms with Crippen LogP contribution in [0.3, 0.4) is 0 Å². The van der Waals surface area contributed by atoms with Crippen LogP contribution < -0.4 is 9.47 Å². The van der Waals surface area contributed by atoms with Crippen LogP contribution in [0.1, 0.15) is 11.9 Å². The van der Waals surface area contributed by atoms with Gasteiger partial charge in [-0.25, -0.2) is 19.6 Å². The van der Waals surface area contributed by atoms with Crippen LogP contribution in [0, 0.1) is 0 Å². The molecule has 0 aliphatic carbocycles. The van der Waals surface area contributed by atoms with Crippen molar-refractivity contribution in [2.75, 3.05) is 6.61 Å². The predicted octanol–water partition coefficient (Wildman–Crippen LogP) is 4.80. The van der Waals surface area contributed by atoms with Gasteiger partial charge in [-0.3, -0.25) is 4.98 Å². The van der Waals surface area contributed by atoms with E-state index in [2.05, 4.69) is 19.9 Å². The molecule has 0 saturated carbocycles. The molecule has 0 amide bonds.